The highest BCUT2D eigenvalue weighted by molar-refractivity contribution is 7.47. The Morgan fingerprint density at radius 1 is 0.638 bits per heavy atom. The van der Waals surface area contributed by atoms with E-state index in [9.17, 15) is 14.3 Å². The number of hydrogen-bond acceptors (Lipinski definition) is 6. The number of rotatable bonds is 36. The summed E-state index contributed by atoms with van der Waals surface area (Å²) in [5.41, 5.74) is 0. The summed E-state index contributed by atoms with van der Waals surface area (Å²) in [5.74, 6) is -0.319. The van der Waals surface area contributed by atoms with E-state index in [0.29, 0.717) is 24.1 Å². The molecule has 2 unspecified atom stereocenters. The third kappa shape index (κ3) is 36.3. The summed E-state index contributed by atoms with van der Waals surface area (Å²) in [6, 6.07) is 0. The van der Waals surface area contributed by atoms with Crippen molar-refractivity contribution in [2.75, 3.05) is 54.1 Å². The second kappa shape index (κ2) is 32.4. The summed E-state index contributed by atoms with van der Waals surface area (Å²) in [5, 5.41) is 0. The summed E-state index contributed by atoms with van der Waals surface area (Å²) < 4.78 is 34.8. The van der Waals surface area contributed by atoms with E-state index in [1.807, 2.05) is 21.1 Å². The van der Waals surface area contributed by atoms with Gasteiger partial charge in [-0.2, -0.15) is 0 Å². The Balaban J connectivity index is 4.21. The summed E-state index contributed by atoms with van der Waals surface area (Å²) in [6.45, 7) is 5.60. The summed E-state index contributed by atoms with van der Waals surface area (Å²) in [7, 11) is 1.67. The first-order valence-electron chi connectivity index (χ1n) is 19.4. The molecule has 0 fully saturated rings. The zero-order valence-electron chi connectivity index (χ0n) is 31.5. The van der Waals surface area contributed by atoms with Gasteiger partial charge in [-0.3, -0.25) is 13.8 Å². The fraction of sp³-hybridized carbons (Fsp3) is 0.921. The first kappa shape index (κ1) is 46.2. The van der Waals surface area contributed by atoms with Gasteiger partial charge in [0.1, 0.15) is 19.3 Å². The van der Waals surface area contributed by atoms with Gasteiger partial charge in [-0.25, -0.2) is 4.57 Å². The largest absolute Gasteiger partial charge is 0.472 e. The van der Waals surface area contributed by atoms with Crippen LogP contribution in [0.1, 0.15) is 168 Å². The summed E-state index contributed by atoms with van der Waals surface area (Å²) >= 11 is 0. The van der Waals surface area contributed by atoms with Crippen LogP contribution < -0.4 is 0 Å². The fourth-order valence-corrected chi connectivity index (χ4v) is 5.99. The van der Waals surface area contributed by atoms with Crippen molar-refractivity contribution in [1.29, 1.82) is 0 Å². The highest BCUT2D eigenvalue weighted by Gasteiger charge is 2.26. The van der Waals surface area contributed by atoms with Gasteiger partial charge < -0.3 is 18.9 Å². The number of phosphoric ester groups is 1. The number of allylic oxidation sites excluding steroid dienone is 2. The van der Waals surface area contributed by atoms with Crippen LogP contribution in [0.25, 0.3) is 0 Å². The van der Waals surface area contributed by atoms with E-state index in [-0.39, 0.29) is 25.8 Å². The molecule has 0 aromatic heterocycles. The normalized spacial score (nSPS) is 14.1. The molecule has 1 N–H and O–H groups in total. The van der Waals surface area contributed by atoms with Gasteiger partial charge in [-0.15, -0.1) is 0 Å². The van der Waals surface area contributed by atoms with Gasteiger partial charge in [0.15, 0.2) is 0 Å². The van der Waals surface area contributed by atoms with Crippen LogP contribution in [0.4, 0.5) is 0 Å². The van der Waals surface area contributed by atoms with E-state index in [4.69, 9.17) is 18.5 Å². The van der Waals surface area contributed by atoms with Gasteiger partial charge in [0.2, 0.25) is 0 Å². The van der Waals surface area contributed by atoms with Crippen molar-refractivity contribution in [3.05, 3.63) is 12.2 Å². The molecule has 0 bridgehead atoms. The van der Waals surface area contributed by atoms with E-state index in [1.54, 1.807) is 0 Å². The molecular weight excluding hydrogens is 613 g/mol. The summed E-state index contributed by atoms with van der Waals surface area (Å²) in [6.07, 6.45) is 32.4. The number of phosphoric acid groups is 1. The monoisotopic (exact) mass is 691 g/mol. The lowest BCUT2D eigenvalue weighted by molar-refractivity contribution is -0.870. The van der Waals surface area contributed by atoms with E-state index in [1.165, 1.54) is 116 Å². The molecule has 47 heavy (non-hydrogen) atoms. The van der Waals surface area contributed by atoms with Crippen LogP contribution in [0.3, 0.4) is 0 Å². The zero-order chi connectivity index (χ0) is 34.9. The van der Waals surface area contributed by atoms with Crippen LogP contribution in [0, 0.1) is 0 Å². The number of likely N-dealkylation sites (N-methyl/N-ethyl adjacent to an activating group) is 1. The second-order valence-electron chi connectivity index (χ2n) is 14.3. The van der Waals surface area contributed by atoms with Crippen LogP contribution in [0.15, 0.2) is 12.2 Å². The first-order valence-corrected chi connectivity index (χ1v) is 20.9. The Morgan fingerprint density at radius 3 is 1.62 bits per heavy atom. The average Bonchev–Trinajstić information content (AvgIpc) is 3.01. The number of hydrogen-bond donors (Lipinski definition) is 1. The number of nitrogens with zero attached hydrogens (tertiary/aromatic N) is 1. The molecule has 0 amide bonds. The maximum Gasteiger partial charge on any atom is 0.472 e. The van der Waals surface area contributed by atoms with Crippen molar-refractivity contribution in [3.8, 4) is 0 Å². The van der Waals surface area contributed by atoms with Crippen molar-refractivity contribution < 1.29 is 37.3 Å². The van der Waals surface area contributed by atoms with E-state index in [0.717, 1.165) is 32.1 Å². The maximum absolute atomic E-state index is 12.6. The minimum Gasteiger partial charge on any atom is -0.457 e. The van der Waals surface area contributed by atoms with Gasteiger partial charge in [-0.1, -0.05) is 135 Å². The molecule has 9 heteroatoms. The number of carbonyl (C=O) groups excluding carboxylic acids is 1. The van der Waals surface area contributed by atoms with Crippen molar-refractivity contribution >= 4 is 13.8 Å². The second-order valence-corrected chi connectivity index (χ2v) is 15.8. The molecule has 0 spiro atoms. The van der Waals surface area contributed by atoms with E-state index < -0.39 is 13.9 Å². The van der Waals surface area contributed by atoms with Crippen LogP contribution in [0.5, 0.6) is 0 Å². The lowest BCUT2D eigenvalue weighted by Gasteiger charge is -2.24. The molecule has 2 atom stereocenters. The molecule has 0 aliphatic carbocycles. The van der Waals surface area contributed by atoms with Gasteiger partial charge in [0.25, 0.3) is 0 Å². The standard InChI is InChI=1S/C38H76NO7P/c1-6-8-10-12-14-16-17-18-19-20-21-22-23-24-25-27-29-31-38(40)46-37(35-43-33-30-28-26-15-13-11-9-7-2)36-45-47(41,42)44-34-32-39(3,4)5/h18-19,37H,6-17,20-36H2,1-5H3/p+1/b19-18-. The topological polar surface area (TPSA) is 91.3 Å². The lowest BCUT2D eigenvalue weighted by Crippen LogP contribution is -2.37. The molecule has 280 valence electrons. The molecule has 8 nitrogen and oxygen atoms in total. The highest BCUT2D eigenvalue weighted by atomic mass is 31.2. The Hall–Kier alpha value is -0.760. The van der Waals surface area contributed by atoms with E-state index in [2.05, 4.69) is 26.0 Å². The Labute approximate surface area is 290 Å². The minimum absolute atomic E-state index is 0.0903. The predicted molar refractivity (Wildman–Crippen MR) is 197 cm³/mol. The van der Waals surface area contributed by atoms with Crippen LogP contribution in [0.2, 0.25) is 0 Å². The molecule has 0 rings (SSSR count). The van der Waals surface area contributed by atoms with Crippen LogP contribution in [-0.4, -0.2) is 75.6 Å². The maximum atomic E-state index is 12.6. The smallest absolute Gasteiger partial charge is 0.457 e. The molecule has 0 heterocycles. The molecule has 0 saturated carbocycles. The molecule has 0 aromatic rings. The third-order valence-corrected chi connectivity index (χ3v) is 9.31. The first-order chi connectivity index (χ1) is 22.6. The number of ether oxygens (including phenoxy) is 2. The lowest BCUT2D eigenvalue weighted by atomic mass is 10.1. The van der Waals surface area contributed by atoms with E-state index >= 15 is 0 Å². The van der Waals surface area contributed by atoms with Crippen molar-refractivity contribution in [2.24, 2.45) is 0 Å². The SMILES string of the molecule is CCCCCCCC/C=C\CCCCCCCCCC(=O)OC(COCCCCCCCCCC)COP(=O)(O)OCC[N+](C)(C)C. The molecule has 0 aliphatic heterocycles. The predicted octanol–water partition coefficient (Wildman–Crippen LogP) is 10.7. The highest BCUT2D eigenvalue weighted by Crippen LogP contribution is 2.43. The number of carbonyl (C=O) groups is 1. The van der Waals surface area contributed by atoms with Crippen LogP contribution >= 0.6 is 7.82 Å². The number of unbranched alkanes of at least 4 members (excludes halogenated alkanes) is 20. The summed E-state index contributed by atoms with van der Waals surface area (Å²) in [4.78, 5) is 22.7. The third-order valence-electron chi connectivity index (χ3n) is 8.33. The zero-order valence-corrected chi connectivity index (χ0v) is 32.4. The fourth-order valence-electron chi connectivity index (χ4n) is 5.25. The Morgan fingerprint density at radius 2 is 1.11 bits per heavy atom. The van der Waals surface area contributed by atoms with Crippen molar-refractivity contribution in [3.63, 3.8) is 0 Å². The van der Waals surface area contributed by atoms with Crippen molar-refractivity contribution in [1.82, 2.24) is 0 Å². The molecule has 0 radical (unpaired) electrons. The Kier molecular flexibility index (Phi) is 31.9. The molecule has 0 saturated heterocycles. The minimum atomic E-state index is -4.26. The quantitative estimate of drug-likeness (QED) is 0.0230. The molecule has 0 aromatic carbocycles. The molecular formula is C38H77NO7P+. The average molecular weight is 691 g/mol. The van der Waals surface area contributed by atoms with Crippen molar-refractivity contribution in [2.45, 2.75) is 174 Å². The molecule has 0 aliphatic rings. The van der Waals surface area contributed by atoms with Crippen LogP contribution in [-0.2, 0) is 27.9 Å². The van der Waals surface area contributed by atoms with Gasteiger partial charge >= 0.3 is 13.8 Å². The van der Waals surface area contributed by atoms with Gasteiger partial charge in [0.05, 0.1) is 34.4 Å². The van der Waals surface area contributed by atoms with Gasteiger partial charge in [0, 0.05) is 13.0 Å². The van der Waals surface area contributed by atoms with Gasteiger partial charge in [-0.05, 0) is 38.5 Å². The Bertz CT molecular complexity index is 772. The number of quaternary nitrogens is 1. The number of esters is 1.